The van der Waals surface area contributed by atoms with E-state index < -0.39 is 0 Å². The zero-order valence-electron chi connectivity index (χ0n) is 29.8. The van der Waals surface area contributed by atoms with E-state index in [4.69, 9.17) is 9.98 Å². The van der Waals surface area contributed by atoms with E-state index >= 15 is 0 Å². The Morgan fingerprint density at radius 3 is 1.29 bits per heavy atom. The van der Waals surface area contributed by atoms with Gasteiger partial charge in [-0.1, -0.05) is 127 Å². The average molecular weight is 689 g/mol. The molecule has 1 aliphatic carbocycles. The number of nitrogens with zero attached hydrogens (tertiary/aromatic N) is 2. The van der Waals surface area contributed by atoms with Crippen LogP contribution in [0.1, 0.15) is 112 Å². The molecule has 0 aromatic heterocycles. The Hall–Kier alpha value is -3.67. The third-order valence-corrected chi connectivity index (χ3v) is 9.15. The van der Waals surface area contributed by atoms with Gasteiger partial charge in [-0.15, -0.1) is 0 Å². The van der Waals surface area contributed by atoms with Crippen molar-refractivity contribution in [1.82, 2.24) is 0 Å². The molecule has 48 heavy (non-hydrogen) atoms. The first kappa shape index (κ1) is 38.8. The SMILES string of the molecule is CC(C)(C)c1cc(C=NC2CCCCC2N=Cc2cc(C(C)(C)C)cc(Cc3ccccc3)c2O)c(O)c(Cc2ccccc2)c1.[CH3-].[Co]. The fraction of sp³-hybridized carbons (Fsp3) is 0.372. The minimum Gasteiger partial charge on any atom is -0.507 e. The van der Waals surface area contributed by atoms with Gasteiger partial charge >= 0.3 is 0 Å². The van der Waals surface area contributed by atoms with Crippen molar-refractivity contribution in [2.75, 3.05) is 0 Å². The van der Waals surface area contributed by atoms with E-state index in [9.17, 15) is 10.2 Å². The first-order valence-corrected chi connectivity index (χ1v) is 16.8. The van der Waals surface area contributed by atoms with Crippen LogP contribution in [0.5, 0.6) is 11.5 Å². The molecule has 2 atom stereocenters. The van der Waals surface area contributed by atoms with Gasteiger partial charge in [-0.3, -0.25) is 9.98 Å². The van der Waals surface area contributed by atoms with Crippen LogP contribution in [0.15, 0.2) is 94.9 Å². The molecule has 5 rings (SSSR count). The molecule has 5 heteroatoms. The molecule has 4 nitrogen and oxygen atoms in total. The van der Waals surface area contributed by atoms with Crippen LogP contribution in [-0.2, 0) is 40.5 Å². The molecule has 4 aromatic rings. The van der Waals surface area contributed by atoms with Crippen LogP contribution >= 0.6 is 0 Å². The molecule has 0 saturated heterocycles. The molecule has 1 aliphatic rings. The largest absolute Gasteiger partial charge is 0.507 e. The van der Waals surface area contributed by atoms with Gasteiger partial charge < -0.3 is 17.6 Å². The normalized spacial score (nSPS) is 16.9. The van der Waals surface area contributed by atoms with Crippen LogP contribution in [0.2, 0.25) is 0 Å². The monoisotopic (exact) mass is 688 g/mol. The van der Waals surface area contributed by atoms with Gasteiger partial charge in [0, 0.05) is 53.2 Å². The Bertz CT molecular complexity index is 1560. The quantitative estimate of drug-likeness (QED) is 0.143. The minimum absolute atomic E-state index is 0. The Morgan fingerprint density at radius 2 is 0.958 bits per heavy atom. The van der Waals surface area contributed by atoms with Crippen LogP contribution < -0.4 is 0 Å². The standard InChI is InChI=1S/C42H50N2O2.CH3.Co/c1-41(2,3)35-23-31(21-29-15-9-7-10-16-29)39(45)33(25-35)27-43-37-19-13-14-20-38(37)44-28-34-26-36(42(4,5)6)24-32(40(34)46)22-30-17-11-8-12-18-30;;/h7-12,15-18,23-28,37-38,45-46H,13-14,19-22H2,1-6H3;1H3;/q;-1;. The van der Waals surface area contributed by atoms with E-state index in [0.717, 1.165) is 47.9 Å². The van der Waals surface area contributed by atoms with Gasteiger partial charge in [0.2, 0.25) is 0 Å². The molecule has 4 aromatic carbocycles. The summed E-state index contributed by atoms with van der Waals surface area (Å²) in [4.78, 5) is 10.1. The summed E-state index contributed by atoms with van der Waals surface area (Å²) in [7, 11) is 0. The van der Waals surface area contributed by atoms with Crippen molar-refractivity contribution in [2.45, 2.75) is 103 Å². The molecule has 0 heterocycles. The predicted octanol–water partition coefficient (Wildman–Crippen LogP) is 10.2. The van der Waals surface area contributed by atoms with Crippen LogP contribution in [0.3, 0.4) is 0 Å². The summed E-state index contributed by atoms with van der Waals surface area (Å²) in [5.41, 5.74) is 7.90. The fourth-order valence-corrected chi connectivity index (χ4v) is 6.19. The molecule has 0 aliphatic heterocycles. The molecule has 2 unspecified atom stereocenters. The summed E-state index contributed by atoms with van der Waals surface area (Å²) in [6.07, 6.45) is 9.17. The fourth-order valence-electron chi connectivity index (χ4n) is 6.19. The number of benzene rings is 4. The summed E-state index contributed by atoms with van der Waals surface area (Å²) in [6, 6.07) is 29.0. The van der Waals surface area contributed by atoms with E-state index in [-0.39, 0.29) is 47.1 Å². The molecular formula is C43H53CoN2O2-. The van der Waals surface area contributed by atoms with Crippen LogP contribution in [0, 0.1) is 7.43 Å². The second-order valence-electron chi connectivity index (χ2n) is 14.9. The number of phenols is 2. The average Bonchev–Trinajstić information content (AvgIpc) is 3.02. The smallest absolute Gasteiger partial charge is 0.127 e. The number of aliphatic imine (C=N–C) groups is 2. The minimum atomic E-state index is -0.0671. The zero-order chi connectivity index (χ0) is 32.9. The van der Waals surface area contributed by atoms with E-state index in [1.807, 2.05) is 48.8 Å². The van der Waals surface area contributed by atoms with E-state index in [1.165, 1.54) is 22.3 Å². The third-order valence-electron chi connectivity index (χ3n) is 9.15. The summed E-state index contributed by atoms with van der Waals surface area (Å²) >= 11 is 0. The van der Waals surface area contributed by atoms with Crippen molar-refractivity contribution in [3.8, 4) is 11.5 Å². The zero-order valence-corrected chi connectivity index (χ0v) is 30.8. The van der Waals surface area contributed by atoms with Crippen molar-refractivity contribution >= 4 is 12.4 Å². The molecule has 1 radical (unpaired) electrons. The van der Waals surface area contributed by atoms with Crippen molar-refractivity contribution in [3.63, 3.8) is 0 Å². The molecule has 1 fully saturated rings. The number of hydrogen-bond donors (Lipinski definition) is 2. The summed E-state index contributed by atoms with van der Waals surface area (Å²) in [5.74, 6) is 0.595. The van der Waals surface area contributed by atoms with Gasteiger partial charge in [-0.25, -0.2) is 0 Å². The Balaban J connectivity index is 0.00000312. The van der Waals surface area contributed by atoms with Crippen molar-refractivity contribution in [2.24, 2.45) is 9.98 Å². The molecule has 0 bridgehead atoms. The maximum Gasteiger partial charge on any atom is 0.127 e. The topological polar surface area (TPSA) is 65.2 Å². The van der Waals surface area contributed by atoms with Crippen LogP contribution in [-0.4, -0.2) is 34.7 Å². The second kappa shape index (κ2) is 16.6. The van der Waals surface area contributed by atoms with Crippen molar-refractivity contribution in [3.05, 3.63) is 137 Å². The molecule has 257 valence electrons. The van der Waals surface area contributed by atoms with Gasteiger partial charge in [0.1, 0.15) is 11.5 Å². The predicted molar refractivity (Wildman–Crippen MR) is 200 cm³/mol. The van der Waals surface area contributed by atoms with E-state index in [2.05, 4.69) is 90.1 Å². The van der Waals surface area contributed by atoms with Gasteiger partial charge in [0.15, 0.2) is 0 Å². The van der Waals surface area contributed by atoms with Crippen molar-refractivity contribution in [1.29, 1.82) is 0 Å². The molecular weight excluding hydrogens is 635 g/mol. The Labute approximate surface area is 299 Å². The number of hydrogen-bond acceptors (Lipinski definition) is 4. The van der Waals surface area contributed by atoms with Gasteiger partial charge in [-0.05, 0) is 69.2 Å². The van der Waals surface area contributed by atoms with Gasteiger partial charge in [0.05, 0.1) is 12.1 Å². The van der Waals surface area contributed by atoms with Gasteiger partial charge in [-0.2, -0.15) is 0 Å². The maximum absolute atomic E-state index is 11.4. The van der Waals surface area contributed by atoms with Crippen LogP contribution in [0.4, 0.5) is 0 Å². The summed E-state index contributed by atoms with van der Waals surface area (Å²) in [6.45, 7) is 13.2. The van der Waals surface area contributed by atoms with Crippen molar-refractivity contribution < 1.29 is 27.0 Å². The Kier molecular flexibility index (Phi) is 13.4. The second-order valence-corrected chi connectivity index (χ2v) is 14.9. The molecule has 2 N–H and O–H groups in total. The third kappa shape index (κ3) is 9.93. The van der Waals surface area contributed by atoms with Gasteiger partial charge in [0.25, 0.3) is 0 Å². The number of aromatic hydroxyl groups is 2. The first-order chi connectivity index (χ1) is 21.9. The molecule has 0 spiro atoms. The molecule has 0 amide bonds. The molecule has 1 saturated carbocycles. The summed E-state index contributed by atoms with van der Waals surface area (Å²) < 4.78 is 0. The number of rotatable bonds is 8. The number of phenolic OH excluding ortho intramolecular Hbond substituents is 2. The van der Waals surface area contributed by atoms with E-state index in [1.54, 1.807) is 0 Å². The summed E-state index contributed by atoms with van der Waals surface area (Å²) in [5, 5.41) is 22.8. The first-order valence-electron chi connectivity index (χ1n) is 16.8. The maximum atomic E-state index is 11.4. The van der Waals surface area contributed by atoms with Crippen LogP contribution in [0.25, 0.3) is 0 Å². The van der Waals surface area contributed by atoms with E-state index in [0.29, 0.717) is 24.3 Å². The Morgan fingerprint density at radius 1 is 0.604 bits per heavy atom.